The van der Waals surface area contributed by atoms with Crippen LogP contribution in [0.2, 0.25) is 0 Å². The minimum Gasteiger partial charge on any atom is -0.355 e. The Morgan fingerprint density at radius 3 is 2.44 bits per heavy atom. The van der Waals surface area contributed by atoms with Crippen LogP contribution in [0.3, 0.4) is 0 Å². The van der Waals surface area contributed by atoms with Gasteiger partial charge in [0.25, 0.3) is 0 Å². The Hall–Kier alpha value is -1.40. The highest BCUT2D eigenvalue weighted by Gasteiger charge is 2.03. The lowest BCUT2D eigenvalue weighted by atomic mass is 10.1. The summed E-state index contributed by atoms with van der Waals surface area (Å²) >= 11 is 0. The summed E-state index contributed by atoms with van der Waals surface area (Å²) in [6, 6.07) is 9.74. The van der Waals surface area contributed by atoms with E-state index >= 15 is 0 Å². The van der Waals surface area contributed by atoms with Gasteiger partial charge in [-0.15, -0.1) is 0 Å². The molecule has 18 heavy (non-hydrogen) atoms. The van der Waals surface area contributed by atoms with E-state index < -0.39 is 10.0 Å². The fourth-order valence-electron chi connectivity index (χ4n) is 1.43. The maximum absolute atomic E-state index is 11.5. The van der Waals surface area contributed by atoms with E-state index in [4.69, 9.17) is 0 Å². The van der Waals surface area contributed by atoms with E-state index in [2.05, 4.69) is 10.0 Å². The average molecular weight is 270 g/mol. The van der Waals surface area contributed by atoms with Gasteiger partial charge in [-0.2, -0.15) is 0 Å². The normalized spacial score (nSPS) is 11.2. The summed E-state index contributed by atoms with van der Waals surface area (Å²) in [6.45, 7) is 0.524. The molecule has 0 aromatic heterocycles. The van der Waals surface area contributed by atoms with E-state index in [0.29, 0.717) is 19.4 Å². The molecule has 0 aliphatic heterocycles. The summed E-state index contributed by atoms with van der Waals surface area (Å²) in [5.41, 5.74) is 1.11. The van der Waals surface area contributed by atoms with Gasteiger partial charge < -0.3 is 5.32 Å². The minimum absolute atomic E-state index is 0.0749. The second kappa shape index (κ2) is 7.13. The van der Waals surface area contributed by atoms with Crippen molar-refractivity contribution in [2.45, 2.75) is 12.8 Å². The SMILES string of the molecule is CS(=O)(=O)NCCNC(=O)CCc1ccccc1. The second-order valence-corrected chi connectivity index (χ2v) is 5.84. The van der Waals surface area contributed by atoms with E-state index in [1.165, 1.54) is 0 Å². The smallest absolute Gasteiger partial charge is 0.220 e. The molecule has 5 nitrogen and oxygen atoms in total. The summed E-state index contributed by atoms with van der Waals surface area (Å²) in [6.07, 6.45) is 2.18. The average Bonchev–Trinajstić information content (AvgIpc) is 2.32. The van der Waals surface area contributed by atoms with Gasteiger partial charge in [-0.1, -0.05) is 30.3 Å². The molecule has 0 bridgehead atoms. The summed E-state index contributed by atoms with van der Waals surface area (Å²) in [4.78, 5) is 11.5. The quantitative estimate of drug-likeness (QED) is 0.699. The number of carbonyl (C=O) groups excluding carboxylic acids is 1. The molecule has 0 radical (unpaired) electrons. The van der Waals surface area contributed by atoms with Gasteiger partial charge in [0, 0.05) is 19.5 Å². The van der Waals surface area contributed by atoms with E-state index in [-0.39, 0.29) is 12.5 Å². The molecule has 1 aromatic rings. The third-order valence-electron chi connectivity index (χ3n) is 2.29. The molecule has 2 N–H and O–H groups in total. The number of hydrogen-bond donors (Lipinski definition) is 2. The highest BCUT2D eigenvalue weighted by Crippen LogP contribution is 2.01. The Morgan fingerprint density at radius 1 is 1.17 bits per heavy atom. The number of carbonyl (C=O) groups is 1. The Bertz CT molecular complexity index is 471. The first-order valence-corrected chi connectivity index (χ1v) is 7.62. The highest BCUT2D eigenvalue weighted by molar-refractivity contribution is 7.88. The van der Waals surface area contributed by atoms with Gasteiger partial charge in [0.1, 0.15) is 0 Å². The molecule has 1 amide bonds. The monoisotopic (exact) mass is 270 g/mol. The first-order chi connectivity index (χ1) is 8.47. The van der Waals surface area contributed by atoms with Crippen molar-refractivity contribution < 1.29 is 13.2 Å². The third kappa shape index (κ3) is 7.03. The predicted octanol–water partition coefficient (Wildman–Crippen LogP) is 0.285. The van der Waals surface area contributed by atoms with Gasteiger partial charge in [0.2, 0.25) is 15.9 Å². The first kappa shape index (κ1) is 14.7. The molecule has 0 atom stereocenters. The third-order valence-corrected chi connectivity index (χ3v) is 3.02. The van der Waals surface area contributed by atoms with Gasteiger partial charge in [-0.3, -0.25) is 4.79 Å². The Labute approximate surface area is 108 Å². The molecule has 0 aliphatic carbocycles. The molecular formula is C12H18N2O3S. The standard InChI is InChI=1S/C12H18N2O3S/c1-18(16,17)14-10-9-13-12(15)8-7-11-5-3-2-4-6-11/h2-6,14H,7-10H2,1H3,(H,13,15). The molecular weight excluding hydrogens is 252 g/mol. The van der Waals surface area contributed by atoms with E-state index in [1.54, 1.807) is 0 Å². The van der Waals surface area contributed by atoms with E-state index in [0.717, 1.165) is 11.8 Å². The van der Waals surface area contributed by atoms with Crippen LogP contribution in [-0.4, -0.2) is 33.7 Å². The van der Waals surface area contributed by atoms with Crippen molar-refractivity contribution in [2.24, 2.45) is 0 Å². The van der Waals surface area contributed by atoms with Gasteiger partial charge in [0.05, 0.1) is 6.26 Å². The van der Waals surface area contributed by atoms with Crippen molar-refractivity contribution in [3.63, 3.8) is 0 Å². The Kier molecular flexibility index (Phi) is 5.80. The van der Waals surface area contributed by atoms with E-state index in [9.17, 15) is 13.2 Å². The second-order valence-electron chi connectivity index (χ2n) is 4.00. The number of rotatable bonds is 7. The van der Waals surface area contributed by atoms with Crippen LogP contribution < -0.4 is 10.0 Å². The lowest BCUT2D eigenvalue weighted by Gasteiger charge is -2.05. The van der Waals surface area contributed by atoms with Crippen molar-refractivity contribution >= 4 is 15.9 Å². The summed E-state index contributed by atoms with van der Waals surface area (Å²) in [5, 5.41) is 2.66. The maximum Gasteiger partial charge on any atom is 0.220 e. The molecule has 0 spiro atoms. The number of amides is 1. The van der Waals surface area contributed by atoms with Gasteiger partial charge in [-0.05, 0) is 12.0 Å². The van der Waals surface area contributed by atoms with Crippen LogP contribution in [0.1, 0.15) is 12.0 Å². The lowest BCUT2D eigenvalue weighted by molar-refractivity contribution is -0.121. The van der Waals surface area contributed by atoms with Crippen LogP contribution >= 0.6 is 0 Å². The number of sulfonamides is 1. The van der Waals surface area contributed by atoms with Gasteiger partial charge in [-0.25, -0.2) is 13.1 Å². The minimum atomic E-state index is -3.18. The Balaban J connectivity index is 2.15. The van der Waals surface area contributed by atoms with Crippen LogP contribution in [0.15, 0.2) is 30.3 Å². The van der Waals surface area contributed by atoms with Crippen LogP contribution in [0.4, 0.5) is 0 Å². The molecule has 0 saturated carbocycles. The largest absolute Gasteiger partial charge is 0.355 e. The maximum atomic E-state index is 11.5. The summed E-state index contributed by atoms with van der Waals surface area (Å²) in [5.74, 6) is -0.0749. The predicted molar refractivity (Wildman–Crippen MR) is 70.6 cm³/mol. The summed E-state index contributed by atoms with van der Waals surface area (Å²) < 4.78 is 23.8. The van der Waals surface area contributed by atoms with Crippen LogP contribution in [-0.2, 0) is 21.2 Å². The van der Waals surface area contributed by atoms with Crippen molar-refractivity contribution in [3.05, 3.63) is 35.9 Å². The molecule has 6 heteroatoms. The van der Waals surface area contributed by atoms with Crippen molar-refractivity contribution in [1.29, 1.82) is 0 Å². The number of nitrogens with one attached hydrogen (secondary N) is 2. The van der Waals surface area contributed by atoms with Crippen LogP contribution in [0.5, 0.6) is 0 Å². The van der Waals surface area contributed by atoms with Crippen molar-refractivity contribution in [2.75, 3.05) is 19.3 Å². The number of hydrogen-bond acceptors (Lipinski definition) is 3. The molecule has 1 aromatic carbocycles. The fraction of sp³-hybridized carbons (Fsp3) is 0.417. The Morgan fingerprint density at radius 2 is 1.83 bits per heavy atom. The van der Waals surface area contributed by atoms with Gasteiger partial charge >= 0.3 is 0 Å². The molecule has 100 valence electrons. The molecule has 0 saturated heterocycles. The topological polar surface area (TPSA) is 75.3 Å². The first-order valence-electron chi connectivity index (χ1n) is 5.72. The van der Waals surface area contributed by atoms with Crippen molar-refractivity contribution in [3.8, 4) is 0 Å². The molecule has 0 heterocycles. The summed E-state index contributed by atoms with van der Waals surface area (Å²) in [7, 11) is -3.18. The lowest BCUT2D eigenvalue weighted by Crippen LogP contribution is -2.34. The van der Waals surface area contributed by atoms with Crippen molar-refractivity contribution in [1.82, 2.24) is 10.0 Å². The number of benzene rings is 1. The zero-order valence-corrected chi connectivity index (χ0v) is 11.2. The fourth-order valence-corrected chi connectivity index (χ4v) is 1.90. The van der Waals surface area contributed by atoms with E-state index in [1.807, 2.05) is 30.3 Å². The molecule has 0 fully saturated rings. The zero-order valence-electron chi connectivity index (χ0n) is 10.3. The molecule has 0 aliphatic rings. The molecule has 1 rings (SSSR count). The highest BCUT2D eigenvalue weighted by atomic mass is 32.2. The zero-order chi connectivity index (χ0) is 13.4. The van der Waals surface area contributed by atoms with Crippen LogP contribution in [0.25, 0.3) is 0 Å². The number of aryl methyl sites for hydroxylation is 1. The molecule has 0 unspecified atom stereocenters. The van der Waals surface area contributed by atoms with Gasteiger partial charge in [0.15, 0.2) is 0 Å². The van der Waals surface area contributed by atoms with Crippen LogP contribution in [0, 0.1) is 0 Å².